The third-order valence-corrected chi connectivity index (χ3v) is 3.63. The summed E-state index contributed by atoms with van der Waals surface area (Å²) < 4.78 is 11.0. The Morgan fingerprint density at radius 2 is 2.28 bits per heavy atom. The molecule has 1 aliphatic rings. The number of aliphatic hydroxyl groups is 1. The summed E-state index contributed by atoms with van der Waals surface area (Å²) in [6.45, 7) is 4.08. The summed E-state index contributed by atoms with van der Waals surface area (Å²) in [6, 6.07) is 7.58. The van der Waals surface area contributed by atoms with Crippen LogP contribution in [0.15, 0.2) is 24.3 Å². The zero-order valence-corrected chi connectivity index (χ0v) is 10.8. The van der Waals surface area contributed by atoms with Crippen LogP contribution >= 0.6 is 0 Å². The van der Waals surface area contributed by atoms with E-state index in [1.807, 2.05) is 31.2 Å². The Kier molecular flexibility index (Phi) is 4.22. The van der Waals surface area contributed by atoms with Crippen LogP contribution in [0.2, 0.25) is 0 Å². The summed E-state index contributed by atoms with van der Waals surface area (Å²) in [4.78, 5) is 0. The average Bonchev–Trinajstić information content (AvgIpc) is 2.89. The molecule has 0 bridgehead atoms. The smallest absolute Gasteiger partial charge is 0.125 e. The zero-order valence-electron chi connectivity index (χ0n) is 10.8. The maximum absolute atomic E-state index is 10.6. The fourth-order valence-corrected chi connectivity index (χ4v) is 2.43. The molecule has 0 aliphatic carbocycles. The molecule has 0 amide bonds. The van der Waals surface area contributed by atoms with Gasteiger partial charge in [0.15, 0.2) is 0 Å². The molecule has 1 aliphatic heterocycles. The lowest BCUT2D eigenvalue weighted by atomic mass is 9.78. The number of ether oxygens (including phenoxy) is 2. The van der Waals surface area contributed by atoms with Crippen LogP contribution in [0.25, 0.3) is 0 Å². The molecule has 4 nitrogen and oxygen atoms in total. The Morgan fingerprint density at radius 1 is 1.50 bits per heavy atom. The van der Waals surface area contributed by atoms with Crippen molar-refractivity contribution in [3.63, 3.8) is 0 Å². The van der Waals surface area contributed by atoms with Gasteiger partial charge in [0.25, 0.3) is 0 Å². The lowest BCUT2D eigenvalue weighted by molar-refractivity contribution is 0.0173. The zero-order chi connectivity index (χ0) is 13.0. The van der Waals surface area contributed by atoms with Gasteiger partial charge in [0, 0.05) is 24.1 Å². The molecule has 3 N–H and O–H groups in total. The second-order valence-electron chi connectivity index (χ2n) is 4.74. The number of nitrogens with two attached hydrogens (primary N) is 1. The van der Waals surface area contributed by atoms with E-state index >= 15 is 0 Å². The van der Waals surface area contributed by atoms with Gasteiger partial charge in [-0.2, -0.15) is 0 Å². The predicted molar refractivity (Wildman–Crippen MR) is 69.5 cm³/mol. The fourth-order valence-electron chi connectivity index (χ4n) is 2.43. The molecular weight excluding hydrogens is 230 g/mol. The van der Waals surface area contributed by atoms with Crippen LogP contribution in [-0.4, -0.2) is 31.5 Å². The molecule has 0 radical (unpaired) electrons. The number of hydrogen-bond acceptors (Lipinski definition) is 4. The van der Waals surface area contributed by atoms with Crippen LogP contribution in [0.4, 0.5) is 0 Å². The van der Waals surface area contributed by atoms with Crippen molar-refractivity contribution in [2.24, 2.45) is 11.1 Å². The van der Waals surface area contributed by atoms with Crippen molar-refractivity contribution >= 4 is 0 Å². The highest BCUT2D eigenvalue weighted by molar-refractivity contribution is 5.36. The normalized spacial score (nSPS) is 25.1. The van der Waals surface area contributed by atoms with Gasteiger partial charge >= 0.3 is 0 Å². The summed E-state index contributed by atoms with van der Waals surface area (Å²) in [6.07, 6.45) is 0.137. The van der Waals surface area contributed by atoms with E-state index in [2.05, 4.69) is 0 Å². The van der Waals surface area contributed by atoms with Crippen molar-refractivity contribution < 1.29 is 14.6 Å². The fraction of sp³-hybridized carbons (Fsp3) is 0.571. The van der Waals surface area contributed by atoms with E-state index in [1.54, 1.807) is 0 Å². The number of rotatable bonds is 5. The largest absolute Gasteiger partial charge is 0.493 e. The first-order valence-electron chi connectivity index (χ1n) is 6.41. The van der Waals surface area contributed by atoms with Gasteiger partial charge in [0.1, 0.15) is 5.75 Å². The van der Waals surface area contributed by atoms with E-state index in [-0.39, 0.29) is 5.41 Å². The van der Waals surface area contributed by atoms with Crippen molar-refractivity contribution in [1.82, 2.24) is 0 Å². The Balaban J connectivity index is 2.29. The number of aliphatic hydroxyl groups excluding tert-OH is 1. The molecule has 1 aromatic carbocycles. The number of hydrogen-bond donors (Lipinski definition) is 2. The van der Waals surface area contributed by atoms with Crippen molar-refractivity contribution in [3.8, 4) is 5.75 Å². The van der Waals surface area contributed by atoms with Gasteiger partial charge in [0.2, 0.25) is 0 Å². The van der Waals surface area contributed by atoms with Gasteiger partial charge < -0.3 is 20.3 Å². The molecule has 4 heteroatoms. The van der Waals surface area contributed by atoms with Gasteiger partial charge in [-0.3, -0.25) is 0 Å². The Hall–Kier alpha value is -1.10. The molecule has 0 saturated carbocycles. The van der Waals surface area contributed by atoms with Gasteiger partial charge in [-0.25, -0.2) is 0 Å². The lowest BCUT2D eigenvalue weighted by Gasteiger charge is -2.32. The van der Waals surface area contributed by atoms with E-state index in [4.69, 9.17) is 15.2 Å². The minimum atomic E-state index is -0.646. The van der Waals surface area contributed by atoms with Gasteiger partial charge in [-0.15, -0.1) is 0 Å². The van der Waals surface area contributed by atoms with Crippen LogP contribution in [0, 0.1) is 5.41 Å². The van der Waals surface area contributed by atoms with Crippen molar-refractivity contribution in [1.29, 1.82) is 0 Å². The first-order chi connectivity index (χ1) is 8.73. The highest BCUT2D eigenvalue weighted by Crippen LogP contribution is 2.42. The van der Waals surface area contributed by atoms with Crippen LogP contribution in [-0.2, 0) is 4.74 Å². The monoisotopic (exact) mass is 251 g/mol. The summed E-state index contributed by atoms with van der Waals surface area (Å²) >= 11 is 0. The third kappa shape index (κ3) is 2.36. The third-order valence-electron chi connectivity index (χ3n) is 3.63. The van der Waals surface area contributed by atoms with Gasteiger partial charge in [-0.1, -0.05) is 18.2 Å². The second-order valence-corrected chi connectivity index (χ2v) is 4.74. The Bertz CT molecular complexity index is 388. The first-order valence-corrected chi connectivity index (χ1v) is 6.41. The van der Waals surface area contributed by atoms with E-state index in [0.717, 1.165) is 17.7 Å². The minimum absolute atomic E-state index is 0.382. The summed E-state index contributed by atoms with van der Waals surface area (Å²) in [5, 5.41) is 10.6. The molecule has 100 valence electrons. The topological polar surface area (TPSA) is 64.7 Å². The van der Waals surface area contributed by atoms with Crippen molar-refractivity contribution in [2.45, 2.75) is 19.4 Å². The average molecular weight is 251 g/mol. The van der Waals surface area contributed by atoms with Crippen LogP contribution in [0.1, 0.15) is 25.0 Å². The molecular formula is C14H21NO3. The van der Waals surface area contributed by atoms with Gasteiger partial charge in [0.05, 0.1) is 19.3 Å². The van der Waals surface area contributed by atoms with Crippen LogP contribution in [0.3, 0.4) is 0 Å². The quantitative estimate of drug-likeness (QED) is 0.832. The molecule has 1 saturated heterocycles. The van der Waals surface area contributed by atoms with Crippen molar-refractivity contribution in [3.05, 3.63) is 29.8 Å². The minimum Gasteiger partial charge on any atom is -0.493 e. The predicted octanol–water partition coefficient (Wildman–Crippen LogP) is 1.48. The highest BCUT2D eigenvalue weighted by atomic mass is 16.5. The maximum Gasteiger partial charge on any atom is 0.125 e. The molecule has 0 aromatic heterocycles. The van der Waals surface area contributed by atoms with E-state index in [0.29, 0.717) is 26.4 Å². The highest BCUT2D eigenvalue weighted by Gasteiger charge is 2.42. The van der Waals surface area contributed by atoms with Crippen LogP contribution in [0.5, 0.6) is 5.75 Å². The van der Waals surface area contributed by atoms with Crippen molar-refractivity contribution in [2.75, 3.05) is 26.4 Å². The Labute approximate surface area is 108 Å². The summed E-state index contributed by atoms with van der Waals surface area (Å²) in [7, 11) is 0. The lowest BCUT2D eigenvalue weighted by Crippen LogP contribution is -2.37. The molecule has 18 heavy (non-hydrogen) atoms. The molecule has 1 fully saturated rings. The molecule has 1 aromatic rings. The summed E-state index contributed by atoms with van der Waals surface area (Å²) in [5.41, 5.74) is 6.27. The summed E-state index contributed by atoms with van der Waals surface area (Å²) in [5.74, 6) is 0.729. The Morgan fingerprint density at radius 3 is 2.89 bits per heavy atom. The van der Waals surface area contributed by atoms with Gasteiger partial charge in [-0.05, 0) is 19.4 Å². The SMILES string of the molecule is CCOc1ccccc1C(O)C1(CN)CCOC1. The van der Waals surface area contributed by atoms with E-state index < -0.39 is 6.10 Å². The molecule has 1 heterocycles. The molecule has 2 unspecified atom stereocenters. The molecule has 2 atom stereocenters. The number of benzene rings is 1. The van der Waals surface area contributed by atoms with E-state index in [1.165, 1.54) is 0 Å². The second kappa shape index (κ2) is 5.69. The number of para-hydroxylation sites is 1. The maximum atomic E-state index is 10.6. The standard InChI is InChI=1S/C14H21NO3/c1-2-18-12-6-4-3-5-11(12)13(16)14(9-15)7-8-17-10-14/h3-6,13,16H,2,7-10,15H2,1H3. The molecule has 0 spiro atoms. The molecule has 2 rings (SSSR count). The first kappa shape index (κ1) is 13.3. The van der Waals surface area contributed by atoms with E-state index in [9.17, 15) is 5.11 Å². The van der Waals surface area contributed by atoms with Crippen LogP contribution < -0.4 is 10.5 Å².